The van der Waals surface area contributed by atoms with Crippen LogP contribution in [0.1, 0.15) is 41.8 Å². The zero-order valence-electron chi connectivity index (χ0n) is 14.0. The minimum atomic E-state index is -1.25. The van der Waals surface area contributed by atoms with Crippen LogP contribution in [0.4, 0.5) is 10.1 Å². The van der Waals surface area contributed by atoms with E-state index < -0.39 is 11.4 Å². The van der Waals surface area contributed by atoms with Gasteiger partial charge in [0.25, 0.3) is 0 Å². The molecule has 1 saturated carbocycles. The Hall–Kier alpha value is -2.69. The van der Waals surface area contributed by atoms with Crippen LogP contribution in [-0.4, -0.2) is 11.9 Å². The molecular formula is C20H17FNO3-. The molecule has 128 valence electrons. The summed E-state index contributed by atoms with van der Waals surface area (Å²) in [6.45, 7) is 4.27. The van der Waals surface area contributed by atoms with E-state index in [-0.39, 0.29) is 29.2 Å². The van der Waals surface area contributed by atoms with E-state index in [1.54, 1.807) is 23.1 Å². The number of anilines is 1. The highest BCUT2D eigenvalue weighted by atomic mass is 19.1. The summed E-state index contributed by atoms with van der Waals surface area (Å²) in [5.74, 6) is -1.65. The minimum Gasteiger partial charge on any atom is -0.545 e. The normalized spacial score (nSPS) is 23.0. The number of carboxylic acids is 1. The second kappa shape index (κ2) is 4.91. The molecule has 1 aliphatic heterocycles. The molecule has 0 aromatic heterocycles. The van der Waals surface area contributed by atoms with Gasteiger partial charge in [0.2, 0.25) is 5.91 Å². The van der Waals surface area contributed by atoms with Crippen molar-refractivity contribution >= 4 is 17.6 Å². The number of halogens is 1. The molecule has 0 unspecified atom stereocenters. The lowest BCUT2D eigenvalue weighted by atomic mass is 9.89. The molecule has 1 spiro atoms. The van der Waals surface area contributed by atoms with Gasteiger partial charge in [0.05, 0.1) is 17.9 Å². The summed E-state index contributed by atoms with van der Waals surface area (Å²) in [5.41, 5.74) is 1.32. The number of hydrogen-bond donors (Lipinski definition) is 0. The first-order chi connectivity index (χ1) is 11.8. The topological polar surface area (TPSA) is 60.4 Å². The lowest BCUT2D eigenvalue weighted by molar-refractivity contribution is -0.255. The van der Waals surface area contributed by atoms with Crippen LogP contribution in [0.3, 0.4) is 0 Å². The molecular weight excluding hydrogens is 321 g/mol. The molecule has 0 N–H and O–H groups in total. The fourth-order valence-corrected chi connectivity index (χ4v) is 4.12. The predicted molar refractivity (Wildman–Crippen MR) is 88.4 cm³/mol. The van der Waals surface area contributed by atoms with Crippen molar-refractivity contribution in [2.24, 2.45) is 5.41 Å². The van der Waals surface area contributed by atoms with Crippen molar-refractivity contribution in [1.29, 1.82) is 0 Å². The molecule has 2 aliphatic rings. The van der Waals surface area contributed by atoms with Gasteiger partial charge in [-0.1, -0.05) is 32.0 Å². The van der Waals surface area contributed by atoms with Gasteiger partial charge in [0.15, 0.2) is 0 Å². The van der Waals surface area contributed by atoms with Gasteiger partial charge in [0, 0.05) is 5.69 Å². The first-order valence-electron chi connectivity index (χ1n) is 8.18. The maximum Gasteiger partial charge on any atom is 0.238 e. The molecule has 25 heavy (non-hydrogen) atoms. The van der Waals surface area contributed by atoms with Crippen molar-refractivity contribution in [1.82, 2.24) is 0 Å². The Labute approximate surface area is 144 Å². The molecule has 2 aromatic carbocycles. The summed E-state index contributed by atoms with van der Waals surface area (Å²) < 4.78 is 13.8. The zero-order chi connectivity index (χ0) is 18.0. The number of hydrogen-bond acceptors (Lipinski definition) is 3. The summed E-state index contributed by atoms with van der Waals surface area (Å²) in [5, 5.41) is 11.1. The lowest BCUT2D eigenvalue weighted by Gasteiger charge is -2.19. The van der Waals surface area contributed by atoms with Crippen LogP contribution in [0.25, 0.3) is 0 Å². The number of carbonyl (C=O) groups excluding carboxylic acids is 2. The van der Waals surface area contributed by atoms with Crippen LogP contribution in [0.15, 0.2) is 42.5 Å². The summed E-state index contributed by atoms with van der Waals surface area (Å²) in [6, 6.07) is 10.8. The molecule has 0 radical (unpaired) electrons. The zero-order valence-corrected chi connectivity index (χ0v) is 14.0. The van der Waals surface area contributed by atoms with Gasteiger partial charge in [-0.05, 0) is 52.8 Å². The van der Waals surface area contributed by atoms with Gasteiger partial charge < -0.3 is 14.8 Å². The highest BCUT2D eigenvalue weighted by Gasteiger charge is 2.71. The second-order valence-electron chi connectivity index (χ2n) is 7.51. The smallest absolute Gasteiger partial charge is 0.238 e. The van der Waals surface area contributed by atoms with Crippen LogP contribution >= 0.6 is 0 Å². The van der Waals surface area contributed by atoms with E-state index in [9.17, 15) is 19.1 Å². The fraction of sp³-hybridized carbons (Fsp3) is 0.300. The second-order valence-corrected chi connectivity index (χ2v) is 7.51. The number of amides is 1. The third-order valence-electron chi connectivity index (χ3n) is 5.56. The molecule has 0 saturated heterocycles. The maximum absolute atomic E-state index is 13.8. The van der Waals surface area contributed by atoms with Gasteiger partial charge in [-0.2, -0.15) is 0 Å². The van der Waals surface area contributed by atoms with Crippen molar-refractivity contribution in [3.8, 4) is 0 Å². The van der Waals surface area contributed by atoms with E-state index in [4.69, 9.17) is 0 Å². The summed E-state index contributed by atoms with van der Waals surface area (Å²) >= 11 is 0. The Balaban J connectivity index is 1.76. The molecule has 4 nitrogen and oxygen atoms in total. The van der Waals surface area contributed by atoms with Crippen molar-refractivity contribution < 1.29 is 19.1 Å². The molecule has 0 bridgehead atoms. The Kier molecular flexibility index (Phi) is 3.11. The Morgan fingerprint density at radius 1 is 1.24 bits per heavy atom. The molecule has 5 heteroatoms. The molecule has 1 heterocycles. The first kappa shape index (κ1) is 15.8. The van der Waals surface area contributed by atoms with Crippen molar-refractivity contribution in [2.75, 3.05) is 4.90 Å². The SMILES string of the molecule is CC1(C)C[C@]12C(=O)N(Cc1cccc(C(=O)[O-])c1)c1ccc(F)cc12. The van der Waals surface area contributed by atoms with Crippen LogP contribution in [0, 0.1) is 11.2 Å². The Bertz CT molecular complexity index is 921. The fourth-order valence-electron chi connectivity index (χ4n) is 4.12. The van der Waals surface area contributed by atoms with E-state index in [2.05, 4.69) is 0 Å². The highest BCUT2D eigenvalue weighted by molar-refractivity contribution is 6.11. The third-order valence-corrected chi connectivity index (χ3v) is 5.56. The number of aromatic carboxylic acids is 1. The van der Waals surface area contributed by atoms with Crippen LogP contribution < -0.4 is 10.0 Å². The van der Waals surface area contributed by atoms with Gasteiger partial charge in [-0.15, -0.1) is 0 Å². The quantitative estimate of drug-likeness (QED) is 0.863. The molecule has 4 rings (SSSR count). The largest absolute Gasteiger partial charge is 0.545 e. The van der Waals surface area contributed by atoms with E-state index in [1.807, 2.05) is 13.8 Å². The Morgan fingerprint density at radius 3 is 2.60 bits per heavy atom. The van der Waals surface area contributed by atoms with Gasteiger partial charge >= 0.3 is 0 Å². The van der Waals surface area contributed by atoms with E-state index in [0.29, 0.717) is 17.7 Å². The van der Waals surface area contributed by atoms with Crippen molar-refractivity contribution in [3.63, 3.8) is 0 Å². The first-order valence-corrected chi connectivity index (χ1v) is 8.18. The summed E-state index contributed by atoms with van der Waals surface area (Å²) in [4.78, 5) is 25.9. The van der Waals surface area contributed by atoms with Gasteiger partial charge in [-0.3, -0.25) is 4.79 Å². The van der Waals surface area contributed by atoms with Crippen molar-refractivity contribution in [3.05, 3.63) is 65.0 Å². The third kappa shape index (κ3) is 2.11. The average Bonchev–Trinajstić information content (AvgIpc) is 3.08. The van der Waals surface area contributed by atoms with Crippen LogP contribution in [-0.2, 0) is 16.8 Å². The highest BCUT2D eigenvalue weighted by Crippen LogP contribution is 2.69. The number of benzene rings is 2. The average molecular weight is 338 g/mol. The summed E-state index contributed by atoms with van der Waals surface area (Å²) in [6.07, 6.45) is 0.685. The number of carbonyl (C=O) groups is 2. The van der Waals surface area contributed by atoms with E-state index >= 15 is 0 Å². The Morgan fingerprint density at radius 2 is 1.96 bits per heavy atom. The van der Waals surface area contributed by atoms with Gasteiger partial charge in [0.1, 0.15) is 5.82 Å². The van der Waals surface area contributed by atoms with Gasteiger partial charge in [-0.25, -0.2) is 4.39 Å². The number of fused-ring (bicyclic) bond motifs is 2. The molecule has 2 aromatic rings. The number of carboxylic acid groups (broad SMARTS) is 1. The monoisotopic (exact) mass is 338 g/mol. The molecule has 1 aliphatic carbocycles. The number of rotatable bonds is 3. The predicted octanol–water partition coefficient (Wildman–Crippen LogP) is 2.40. The minimum absolute atomic E-state index is 0.0445. The summed E-state index contributed by atoms with van der Waals surface area (Å²) in [7, 11) is 0. The molecule has 1 fully saturated rings. The molecule has 1 atom stereocenters. The lowest BCUT2D eigenvalue weighted by Crippen LogP contribution is -2.34. The standard InChI is InChI=1S/C20H18FNO3/c1-19(2)11-20(19)15-9-14(21)6-7-16(15)22(18(20)25)10-12-4-3-5-13(8-12)17(23)24/h3-9H,10-11H2,1-2H3,(H,23,24)/p-1/t20-/m0/s1. The van der Waals surface area contributed by atoms with E-state index in [0.717, 1.165) is 5.56 Å². The van der Waals surface area contributed by atoms with E-state index in [1.165, 1.54) is 24.3 Å². The van der Waals surface area contributed by atoms with Crippen molar-refractivity contribution in [2.45, 2.75) is 32.2 Å². The maximum atomic E-state index is 13.8. The van der Waals surface area contributed by atoms with Crippen LogP contribution in [0.5, 0.6) is 0 Å². The van der Waals surface area contributed by atoms with Crippen LogP contribution in [0.2, 0.25) is 0 Å². The number of nitrogens with zero attached hydrogens (tertiary/aromatic N) is 1. The molecule has 1 amide bonds.